The fourth-order valence-corrected chi connectivity index (χ4v) is 4.06. The summed E-state index contributed by atoms with van der Waals surface area (Å²) in [7, 11) is 0. The maximum atomic E-state index is 13.2. The number of benzene rings is 1. The first-order chi connectivity index (χ1) is 18.4. The van der Waals surface area contributed by atoms with Crippen molar-refractivity contribution in [2.24, 2.45) is 5.92 Å². The van der Waals surface area contributed by atoms with Crippen molar-refractivity contribution in [2.75, 3.05) is 6.61 Å². The van der Waals surface area contributed by atoms with Crippen LogP contribution in [0.1, 0.15) is 5.56 Å². The maximum absolute atomic E-state index is 13.2. The average molecular weight is 552 g/mol. The van der Waals surface area contributed by atoms with Crippen molar-refractivity contribution in [3.05, 3.63) is 65.2 Å². The Kier molecular flexibility index (Phi) is 7.71. The van der Waals surface area contributed by atoms with Crippen LogP contribution in [0.15, 0.2) is 59.6 Å². The van der Waals surface area contributed by atoms with E-state index in [-0.39, 0.29) is 5.56 Å². The summed E-state index contributed by atoms with van der Waals surface area (Å²) in [5, 5.41) is 88.5. The molecule has 0 unspecified atom stereocenters. The van der Waals surface area contributed by atoms with Crippen molar-refractivity contribution in [3.8, 4) is 11.5 Å². The normalized spacial score (nSPS) is 31.0. The Morgan fingerprint density at radius 3 is 2.41 bits per heavy atom. The molecule has 9 N–H and O–H groups in total. The number of carbonyl (C=O) groups is 2. The lowest BCUT2D eigenvalue weighted by molar-refractivity contribution is -0.298. The van der Waals surface area contributed by atoms with Crippen LogP contribution in [0, 0.1) is 5.92 Å². The summed E-state index contributed by atoms with van der Waals surface area (Å²) in [5.41, 5.74) is -0.0485. The number of Topliss-reactive ketones (excluding diaryl/α,β-unsaturated/α-hetero) is 1. The van der Waals surface area contributed by atoms with Gasteiger partial charge in [-0.05, 0) is 24.3 Å². The van der Waals surface area contributed by atoms with E-state index in [1.54, 1.807) is 0 Å². The van der Waals surface area contributed by atoms with E-state index in [0.717, 1.165) is 24.3 Å². The summed E-state index contributed by atoms with van der Waals surface area (Å²) >= 11 is 0. The van der Waals surface area contributed by atoms with Gasteiger partial charge in [0.15, 0.2) is 17.3 Å². The Morgan fingerprint density at radius 2 is 1.74 bits per heavy atom. The van der Waals surface area contributed by atoms with Gasteiger partial charge in [0, 0.05) is 11.6 Å². The Hall–Kier alpha value is -4.28. The summed E-state index contributed by atoms with van der Waals surface area (Å²) in [6.45, 7) is -0.778. The van der Waals surface area contributed by atoms with Crippen LogP contribution in [0.5, 0.6) is 11.5 Å². The Labute approximate surface area is 218 Å². The van der Waals surface area contributed by atoms with Crippen LogP contribution in [0.25, 0.3) is 5.76 Å². The van der Waals surface area contributed by atoms with Crippen molar-refractivity contribution in [2.45, 2.75) is 36.8 Å². The largest absolute Gasteiger partial charge is 0.511 e. The molecular formula is C24H24O15. The van der Waals surface area contributed by atoms with Crippen LogP contribution in [-0.4, -0.2) is 101 Å². The molecule has 2 heterocycles. The van der Waals surface area contributed by atoms with E-state index >= 15 is 0 Å². The van der Waals surface area contributed by atoms with Gasteiger partial charge in [-0.25, -0.2) is 4.79 Å². The molecule has 7 atom stereocenters. The van der Waals surface area contributed by atoms with Crippen LogP contribution >= 0.6 is 0 Å². The van der Waals surface area contributed by atoms with Gasteiger partial charge in [-0.1, -0.05) is 0 Å². The number of rotatable bonds is 6. The van der Waals surface area contributed by atoms with Crippen molar-refractivity contribution < 1.29 is 74.5 Å². The van der Waals surface area contributed by atoms with Gasteiger partial charge >= 0.3 is 5.97 Å². The van der Waals surface area contributed by atoms with E-state index in [0.29, 0.717) is 6.08 Å². The smallest absolute Gasteiger partial charge is 0.343 e. The average Bonchev–Trinajstić information content (AvgIpc) is 2.87. The molecule has 0 radical (unpaired) electrons. The van der Waals surface area contributed by atoms with Crippen LogP contribution < -0.4 is 0 Å². The first kappa shape index (κ1) is 27.7. The highest BCUT2D eigenvalue weighted by Gasteiger charge is 2.46. The molecule has 15 nitrogen and oxygen atoms in total. The van der Waals surface area contributed by atoms with Crippen LogP contribution in [0.3, 0.4) is 0 Å². The van der Waals surface area contributed by atoms with Crippen molar-refractivity contribution in [3.63, 3.8) is 0 Å². The summed E-state index contributed by atoms with van der Waals surface area (Å²) in [5.74, 6) is -8.40. The summed E-state index contributed by atoms with van der Waals surface area (Å²) in [4.78, 5) is 25.8. The highest BCUT2D eigenvalue weighted by Crippen LogP contribution is 2.40. The fraction of sp³-hybridized carbons (Fsp3) is 0.333. The summed E-state index contributed by atoms with van der Waals surface area (Å²) in [6.07, 6.45) is -7.54. The lowest BCUT2D eigenvalue weighted by Crippen LogP contribution is -2.59. The maximum Gasteiger partial charge on any atom is 0.343 e. The zero-order valence-electron chi connectivity index (χ0n) is 19.7. The van der Waals surface area contributed by atoms with E-state index in [1.165, 1.54) is 6.07 Å². The molecule has 4 rings (SSSR count). The number of carbonyl (C=O) groups excluding carboxylic acids is 2. The van der Waals surface area contributed by atoms with E-state index in [4.69, 9.17) is 18.9 Å². The lowest BCUT2D eigenvalue weighted by Gasteiger charge is -2.39. The van der Waals surface area contributed by atoms with Crippen LogP contribution in [-0.2, 0) is 28.5 Å². The molecule has 0 amide bonds. The van der Waals surface area contributed by atoms with E-state index in [2.05, 4.69) is 0 Å². The van der Waals surface area contributed by atoms with Gasteiger partial charge in [-0.2, -0.15) is 0 Å². The second-order valence-corrected chi connectivity index (χ2v) is 8.67. The molecule has 39 heavy (non-hydrogen) atoms. The number of aliphatic hydroxyl groups excluding tert-OH is 7. The standard InChI is InChI=1S/C24H24O15/c25-7-14-18(32)20(34)21(35)24(37-14)39-16(31)6-15(30)38-23-19(33)17-12(29)4-9(26)5-13(17)36-22(23)8-1-2-10(27)11(28)3-8/h1-6,13-14,17-18,20-21,24-29,31-32,34-35H,7H2/t13-,14+,17+,18+,20-,21+,24+/m0/s1. The highest BCUT2D eigenvalue weighted by molar-refractivity contribution is 6.06. The van der Waals surface area contributed by atoms with Gasteiger partial charge in [-0.15, -0.1) is 0 Å². The predicted molar refractivity (Wildman–Crippen MR) is 123 cm³/mol. The molecule has 1 aliphatic carbocycles. The zero-order chi connectivity index (χ0) is 28.6. The van der Waals surface area contributed by atoms with Crippen molar-refractivity contribution >= 4 is 17.5 Å². The lowest BCUT2D eigenvalue weighted by atomic mass is 9.86. The SMILES string of the molecule is O=C(C=C(O)O[C@H]1O[C@H](CO)[C@@H](O)[C@H](O)[C@H]1O)OC1=C(c2ccc(O)c(O)c2)O[C@H]2C=C(O)C=C(O)[C@H]2C1=O. The zero-order valence-corrected chi connectivity index (χ0v) is 19.7. The fourth-order valence-electron chi connectivity index (χ4n) is 4.06. The summed E-state index contributed by atoms with van der Waals surface area (Å²) in [6, 6.07) is 3.26. The second kappa shape index (κ2) is 10.8. The first-order valence-corrected chi connectivity index (χ1v) is 11.3. The van der Waals surface area contributed by atoms with Gasteiger partial charge < -0.3 is 64.9 Å². The number of esters is 1. The Bertz CT molecular complexity index is 1280. The Balaban J connectivity index is 1.61. The van der Waals surface area contributed by atoms with Gasteiger partial charge in [-0.3, -0.25) is 4.79 Å². The molecule has 1 aromatic carbocycles. The van der Waals surface area contributed by atoms with Crippen molar-refractivity contribution in [1.29, 1.82) is 0 Å². The molecule has 1 aromatic rings. The molecular weight excluding hydrogens is 528 g/mol. The minimum absolute atomic E-state index is 0.0485. The topological polar surface area (TPSA) is 253 Å². The van der Waals surface area contributed by atoms with Gasteiger partial charge in [0.05, 0.1) is 6.61 Å². The minimum atomic E-state index is -1.90. The number of phenols is 2. The number of aliphatic hydroxyl groups is 7. The van der Waals surface area contributed by atoms with Gasteiger partial charge in [0.1, 0.15) is 54.0 Å². The molecule has 15 heteroatoms. The predicted octanol–water partition coefficient (Wildman–Crippen LogP) is -0.993. The highest BCUT2D eigenvalue weighted by atomic mass is 16.7. The number of aromatic hydroxyl groups is 2. The van der Waals surface area contributed by atoms with E-state index in [1.807, 2.05) is 0 Å². The van der Waals surface area contributed by atoms with Gasteiger partial charge in [0.2, 0.25) is 17.8 Å². The molecule has 210 valence electrons. The van der Waals surface area contributed by atoms with E-state index in [9.17, 15) is 55.5 Å². The quantitative estimate of drug-likeness (QED) is 0.0888. The molecule has 0 saturated carbocycles. The minimum Gasteiger partial charge on any atom is -0.511 e. The number of fused-ring (bicyclic) bond motifs is 1. The molecule has 2 aliphatic heterocycles. The van der Waals surface area contributed by atoms with Crippen LogP contribution in [0.2, 0.25) is 0 Å². The number of ether oxygens (including phenoxy) is 4. The second-order valence-electron chi connectivity index (χ2n) is 8.67. The van der Waals surface area contributed by atoms with E-state index < -0.39 is 102 Å². The molecule has 0 aromatic heterocycles. The Morgan fingerprint density at radius 1 is 1.03 bits per heavy atom. The summed E-state index contributed by atoms with van der Waals surface area (Å²) < 4.78 is 20.7. The third-order valence-corrected chi connectivity index (χ3v) is 6.01. The molecule has 1 fully saturated rings. The number of ketones is 1. The third kappa shape index (κ3) is 5.47. The first-order valence-electron chi connectivity index (χ1n) is 11.3. The van der Waals surface area contributed by atoms with Gasteiger partial charge in [0.25, 0.3) is 5.95 Å². The molecule has 1 saturated heterocycles. The van der Waals surface area contributed by atoms with Crippen LogP contribution in [0.4, 0.5) is 0 Å². The monoisotopic (exact) mass is 552 g/mol. The molecule has 0 spiro atoms. The number of hydrogen-bond acceptors (Lipinski definition) is 15. The van der Waals surface area contributed by atoms with Crippen molar-refractivity contribution in [1.82, 2.24) is 0 Å². The molecule has 0 bridgehead atoms. The number of phenolic OH excluding ortho intramolecular Hbond substituents is 2. The molecule has 3 aliphatic rings. The number of hydrogen-bond donors (Lipinski definition) is 9. The number of allylic oxidation sites excluding steroid dienone is 2. The third-order valence-electron chi connectivity index (χ3n) is 6.01.